The van der Waals surface area contributed by atoms with E-state index in [0.717, 1.165) is 24.7 Å². The van der Waals surface area contributed by atoms with Gasteiger partial charge < -0.3 is 9.84 Å². The van der Waals surface area contributed by atoms with Crippen LogP contribution in [0.25, 0.3) is 0 Å². The summed E-state index contributed by atoms with van der Waals surface area (Å²) in [6.45, 7) is 16.2. The molecule has 190 valence electrons. The van der Waals surface area contributed by atoms with Crippen LogP contribution in [0.5, 0.6) is 11.5 Å². The molecule has 2 nitrogen and oxygen atoms in total. The third kappa shape index (κ3) is 7.33. The van der Waals surface area contributed by atoms with Gasteiger partial charge in [-0.25, -0.2) is 8.78 Å². The van der Waals surface area contributed by atoms with Gasteiger partial charge in [0.15, 0.2) is 0 Å². The van der Waals surface area contributed by atoms with Gasteiger partial charge in [0, 0.05) is 5.56 Å². The molecular weight excluding hydrogens is 418 g/mol. The number of benzene rings is 1. The SMILES string of the molecule is Cc1c(C)c2c(c(C)c1O)C(F)(F)C[C@@](C)(CCC[C@H](C)CCC[C@H](C)CCCC(C)C)O2. The number of alkyl halides is 2. The molecule has 0 aromatic heterocycles. The molecule has 1 aliphatic rings. The van der Waals surface area contributed by atoms with Gasteiger partial charge in [-0.05, 0) is 69.4 Å². The Balaban J connectivity index is 1.86. The number of hydrogen-bond acceptors (Lipinski definition) is 2. The lowest BCUT2D eigenvalue weighted by molar-refractivity contribution is -0.104. The fourth-order valence-corrected chi connectivity index (χ4v) is 5.46. The van der Waals surface area contributed by atoms with Crippen LogP contribution in [0.3, 0.4) is 0 Å². The van der Waals surface area contributed by atoms with E-state index in [-0.39, 0.29) is 29.0 Å². The minimum absolute atomic E-state index is 0.0406. The lowest BCUT2D eigenvalue weighted by Gasteiger charge is -2.42. The van der Waals surface area contributed by atoms with Crippen LogP contribution in [0.1, 0.15) is 121 Å². The van der Waals surface area contributed by atoms with Crippen LogP contribution in [-0.4, -0.2) is 10.7 Å². The number of hydrogen-bond donors (Lipinski definition) is 1. The standard InChI is InChI=1S/C29H48F2O2/c1-19(2)12-9-13-20(3)14-10-15-21(4)16-11-17-28(8)18-29(30,31)25-24(7)26(32)22(5)23(6)27(25)33-28/h19-21,32H,9-18H2,1-8H3/t20-,21-,28-/m1/s1. The van der Waals surface area contributed by atoms with Gasteiger partial charge in [-0.3, -0.25) is 0 Å². The molecule has 0 unspecified atom stereocenters. The van der Waals surface area contributed by atoms with E-state index >= 15 is 8.78 Å². The summed E-state index contributed by atoms with van der Waals surface area (Å²) in [6, 6.07) is 0. The Morgan fingerprint density at radius 2 is 1.33 bits per heavy atom. The van der Waals surface area contributed by atoms with Crippen LogP contribution in [-0.2, 0) is 5.92 Å². The van der Waals surface area contributed by atoms with Gasteiger partial charge in [0.1, 0.15) is 17.1 Å². The van der Waals surface area contributed by atoms with Gasteiger partial charge in [0.05, 0.1) is 12.0 Å². The van der Waals surface area contributed by atoms with Crippen LogP contribution in [0.4, 0.5) is 8.78 Å². The van der Waals surface area contributed by atoms with Crippen molar-refractivity contribution in [2.24, 2.45) is 17.8 Å². The number of fused-ring (bicyclic) bond motifs is 1. The molecule has 4 heteroatoms. The maximum atomic E-state index is 15.2. The lowest BCUT2D eigenvalue weighted by atomic mass is 9.81. The average molecular weight is 467 g/mol. The monoisotopic (exact) mass is 466 g/mol. The largest absolute Gasteiger partial charge is 0.507 e. The Kier molecular flexibility index (Phi) is 9.65. The zero-order chi connectivity index (χ0) is 25.0. The molecular formula is C29H48F2O2. The maximum absolute atomic E-state index is 15.2. The molecule has 0 aliphatic carbocycles. The molecule has 1 aromatic carbocycles. The summed E-state index contributed by atoms with van der Waals surface area (Å²) < 4.78 is 36.7. The third-order valence-corrected chi connectivity index (χ3v) is 7.80. The number of rotatable bonds is 12. The molecule has 0 saturated heterocycles. The van der Waals surface area contributed by atoms with Crippen LogP contribution in [0.2, 0.25) is 0 Å². The van der Waals surface area contributed by atoms with E-state index < -0.39 is 11.5 Å². The second kappa shape index (κ2) is 11.4. The Bertz CT molecular complexity index is 787. The Morgan fingerprint density at radius 1 is 0.818 bits per heavy atom. The predicted molar refractivity (Wildman–Crippen MR) is 135 cm³/mol. The molecule has 1 aliphatic heterocycles. The van der Waals surface area contributed by atoms with Gasteiger partial charge >= 0.3 is 0 Å². The summed E-state index contributed by atoms with van der Waals surface area (Å²) in [6.07, 6.45) is 9.96. The van der Waals surface area contributed by atoms with Crippen molar-refractivity contribution in [1.29, 1.82) is 0 Å². The fourth-order valence-electron chi connectivity index (χ4n) is 5.46. The van der Waals surface area contributed by atoms with Crippen molar-refractivity contribution in [3.05, 3.63) is 22.3 Å². The van der Waals surface area contributed by atoms with Gasteiger partial charge in [-0.2, -0.15) is 0 Å². The van der Waals surface area contributed by atoms with Gasteiger partial charge in [0.2, 0.25) is 0 Å². The molecule has 0 saturated carbocycles. The number of aromatic hydroxyl groups is 1. The Morgan fingerprint density at radius 3 is 1.88 bits per heavy atom. The normalized spacial score (nSPS) is 21.5. The lowest BCUT2D eigenvalue weighted by Crippen LogP contribution is -2.43. The first-order valence-electron chi connectivity index (χ1n) is 13.2. The van der Waals surface area contributed by atoms with Crippen molar-refractivity contribution >= 4 is 0 Å². The quantitative estimate of drug-likeness (QED) is 0.332. The van der Waals surface area contributed by atoms with E-state index in [9.17, 15) is 5.11 Å². The fraction of sp³-hybridized carbons (Fsp3) is 0.793. The summed E-state index contributed by atoms with van der Waals surface area (Å²) in [5.41, 5.74) is 0.471. The second-order valence-electron chi connectivity index (χ2n) is 11.7. The second-order valence-corrected chi connectivity index (χ2v) is 11.7. The predicted octanol–water partition coefficient (Wildman–Crippen LogP) is 9.39. The molecule has 1 aromatic rings. The van der Waals surface area contributed by atoms with E-state index in [4.69, 9.17) is 4.74 Å². The van der Waals surface area contributed by atoms with E-state index in [0.29, 0.717) is 23.5 Å². The van der Waals surface area contributed by atoms with Crippen LogP contribution < -0.4 is 4.74 Å². The van der Waals surface area contributed by atoms with Crippen LogP contribution in [0, 0.1) is 38.5 Å². The highest BCUT2D eigenvalue weighted by Gasteiger charge is 2.50. The molecule has 2 rings (SSSR count). The molecule has 1 N–H and O–H groups in total. The molecule has 1 heterocycles. The number of halogens is 2. The van der Waals surface area contributed by atoms with Crippen LogP contribution >= 0.6 is 0 Å². The highest BCUT2D eigenvalue weighted by molar-refractivity contribution is 5.60. The number of ether oxygens (including phenoxy) is 1. The first kappa shape index (κ1) is 27.9. The van der Waals surface area contributed by atoms with E-state index in [1.165, 1.54) is 38.5 Å². The minimum Gasteiger partial charge on any atom is -0.507 e. The van der Waals surface area contributed by atoms with Crippen LogP contribution in [0.15, 0.2) is 0 Å². The number of phenolic OH excluding ortho intramolecular Hbond substituents is 1. The zero-order valence-corrected chi connectivity index (χ0v) is 22.4. The van der Waals surface area contributed by atoms with Gasteiger partial charge in [-0.15, -0.1) is 0 Å². The molecule has 0 fully saturated rings. The topological polar surface area (TPSA) is 29.5 Å². The van der Waals surface area contributed by atoms with E-state index in [1.54, 1.807) is 20.8 Å². The first-order chi connectivity index (χ1) is 15.3. The van der Waals surface area contributed by atoms with Crippen molar-refractivity contribution < 1.29 is 18.6 Å². The highest BCUT2D eigenvalue weighted by atomic mass is 19.3. The van der Waals surface area contributed by atoms with Crippen molar-refractivity contribution in [2.45, 2.75) is 131 Å². The van der Waals surface area contributed by atoms with Crippen molar-refractivity contribution in [1.82, 2.24) is 0 Å². The summed E-state index contributed by atoms with van der Waals surface area (Å²) >= 11 is 0. The van der Waals surface area contributed by atoms with Gasteiger partial charge in [-0.1, -0.05) is 72.6 Å². The Hall–Kier alpha value is -1.32. The molecule has 3 atom stereocenters. The summed E-state index contributed by atoms with van der Waals surface area (Å²) in [7, 11) is 0. The molecule has 0 amide bonds. The number of phenols is 1. The van der Waals surface area contributed by atoms with Crippen molar-refractivity contribution in [3.8, 4) is 11.5 Å². The first-order valence-corrected chi connectivity index (χ1v) is 13.2. The molecule has 0 bridgehead atoms. The van der Waals surface area contributed by atoms with Gasteiger partial charge in [0.25, 0.3) is 5.92 Å². The Labute approximate surface area is 201 Å². The van der Waals surface area contributed by atoms with Crippen molar-refractivity contribution in [2.75, 3.05) is 0 Å². The van der Waals surface area contributed by atoms with E-state index in [2.05, 4.69) is 27.7 Å². The zero-order valence-electron chi connectivity index (χ0n) is 22.4. The average Bonchev–Trinajstić information content (AvgIpc) is 2.69. The highest BCUT2D eigenvalue weighted by Crippen LogP contribution is 2.53. The summed E-state index contributed by atoms with van der Waals surface area (Å²) in [5.74, 6) is -0.565. The summed E-state index contributed by atoms with van der Waals surface area (Å²) in [5, 5.41) is 10.3. The molecule has 0 radical (unpaired) electrons. The van der Waals surface area contributed by atoms with E-state index in [1.807, 2.05) is 6.92 Å². The molecule has 0 spiro atoms. The molecule has 33 heavy (non-hydrogen) atoms. The maximum Gasteiger partial charge on any atom is 0.281 e. The minimum atomic E-state index is -3.00. The summed E-state index contributed by atoms with van der Waals surface area (Å²) in [4.78, 5) is 0. The third-order valence-electron chi connectivity index (χ3n) is 7.80. The van der Waals surface area contributed by atoms with Crippen molar-refractivity contribution in [3.63, 3.8) is 0 Å². The smallest absolute Gasteiger partial charge is 0.281 e.